The first-order chi connectivity index (χ1) is 7.00. The normalized spacial score (nSPS) is 24.7. The van der Waals surface area contributed by atoms with Gasteiger partial charge in [-0.2, -0.15) is 0 Å². The molecule has 0 saturated carbocycles. The number of carbonyl (C=O) groups excluding carboxylic acids is 2. The lowest BCUT2D eigenvalue weighted by Gasteiger charge is -2.20. The summed E-state index contributed by atoms with van der Waals surface area (Å²) < 4.78 is 9.74. The van der Waals surface area contributed by atoms with Crippen LogP contribution in [0.3, 0.4) is 0 Å². The quantitative estimate of drug-likeness (QED) is 0.664. The largest absolute Gasteiger partial charge is 0.469 e. The van der Waals surface area contributed by atoms with Crippen LogP contribution in [0.2, 0.25) is 0 Å². The monoisotopic (exact) mass is 212 g/mol. The minimum absolute atomic E-state index is 0.258. The van der Waals surface area contributed by atoms with Gasteiger partial charge in [0.25, 0.3) is 0 Å². The van der Waals surface area contributed by atoms with Crippen molar-refractivity contribution in [3.05, 3.63) is 11.6 Å². The smallest absolute Gasteiger partial charge is 0.334 e. The summed E-state index contributed by atoms with van der Waals surface area (Å²) in [5.41, 5.74) is 0.0405. The molecule has 0 spiro atoms. The van der Waals surface area contributed by atoms with Crippen molar-refractivity contribution in [1.82, 2.24) is 0 Å². The highest BCUT2D eigenvalue weighted by Gasteiger charge is 2.35. The fourth-order valence-electron chi connectivity index (χ4n) is 1.56. The zero-order chi connectivity index (χ0) is 11.5. The van der Waals surface area contributed by atoms with E-state index in [4.69, 9.17) is 4.74 Å². The molecule has 0 unspecified atom stereocenters. The molecular weight excluding hydrogens is 196 g/mol. The van der Waals surface area contributed by atoms with Crippen LogP contribution in [-0.2, 0) is 19.1 Å². The minimum atomic E-state index is -0.642. The number of ether oxygens (including phenoxy) is 2. The Hall–Kier alpha value is -1.32. The summed E-state index contributed by atoms with van der Waals surface area (Å²) in [4.78, 5) is 22.3. The number of esters is 2. The topological polar surface area (TPSA) is 52.6 Å². The van der Waals surface area contributed by atoms with E-state index >= 15 is 0 Å². The van der Waals surface area contributed by atoms with Gasteiger partial charge >= 0.3 is 11.9 Å². The number of cyclic esters (lactones) is 1. The molecule has 1 atom stereocenters. The Balaban J connectivity index is 2.58. The number of methoxy groups -OCH3 is 1. The molecule has 0 saturated heterocycles. The van der Waals surface area contributed by atoms with Gasteiger partial charge in [0.05, 0.1) is 7.11 Å². The molecule has 4 heteroatoms. The third kappa shape index (κ3) is 2.81. The van der Waals surface area contributed by atoms with Gasteiger partial charge in [0.15, 0.2) is 0 Å². The Kier molecular flexibility index (Phi) is 3.50. The molecule has 0 aromatic carbocycles. The van der Waals surface area contributed by atoms with Gasteiger partial charge in [-0.25, -0.2) is 4.79 Å². The molecule has 0 radical (unpaired) electrons. The zero-order valence-electron chi connectivity index (χ0n) is 9.33. The van der Waals surface area contributed by atoms with Gasteiger partial charge < -0.3 is 9.47 Å². The van der Waals surface area contributed by atoms with E-state index in [1.165, 1.54) is 7.11 Å². The van der Waals surface area contributed by atoms with E-state index in [1.807, 2.05) is 6.92 Å². The first-order valence-corrected chi connectivity index (χ1v) is 5.02. The Labute approximate surface area is 89.2 Å². The van der Waals surface area contributed by atoms with Crippen LogP contribution in [0, 0.1) is 0 Å². The van der Waals surface area contributed by atoms with Crippen LogP contribution in [0.1, 0.15) is 33.1 Å². The van der Waals surface area contributed by atoms with Crippen molar-refractivity contribution in [3.63, 3.8) is 0 Å². The molecule has 1 heterocycles. The lowest BCUT2D eigenvalue weighted by atomic mass is 9.98. The van der Waals surface area contributed by atoms with Crippen LogP contribution in [0.25, 0.3) is 0 Å². The molecule has 0 aromatic rings. The van der Waals surface area contributed by atoms with Gasteiger partial charge in [-0.05, 0) is 19.4 Å². The van der Waals surface area contributed by atoms with Crippen LogP contribution < -0.4 is 0 Å². The van der Waals surface area contributed by atoms with Gasteiger partial charge in [0, 0.05) is 18.4 Å². The van der Waals surface area contributed by atoms with Crippen molar-refractivity contribution >= 4 is 11.9 Å². The highest BCUT2D eigenvalue weighted by molar-refractivity contribution is 5.91. The summed E-state index contributed by atoms with van der Waals surface area (Å²) in [6.07, 6.45) is 3.19. The molecule has 4 nitrogen and oxygen atoms in total. The van der Waals surface area contributed by atoms with Gasteiger partial charge in [0.1, 0.15) is 5.60 Å². The fraction of sp³-hybridized carbons (Fsp3) is 0.636. The SMILES string of the molecule is CCC1=C[C@@](C)(CCC(=O)OC)OC1=O. The minimum Gasteiger partial charge on any atom is -0.469 e. The van der Waals surface area contributed by atoms with Crippen molar-refractivity contribution in [2.75, 3.05) is 7.11 Å². The highest BCUT2D eigenvalue weighted by Crippen LogP contribution is 2.30. The average molecular weight is 212 g/mol. The highest BCUT2D eigenvalue weighted by atomic mass is 16.6. The van der Waals surface area contributed by atoms with E-state index in [1.54, 1.807) is 13.0 Å². The van der Waals surface area contributed by atoms with E-state index in [2.05, 4.69) is 4.74 Å². The lowest BCUT2D eigenvalue weighted by molar-refractivity contribution is -0.149. The number of rotatable bonds is 4. The second-order valence-electron chi connectivity index (χ2n) is 3.80. The summed E-state index contributed by atoms with van der Waals surface area (Å²) in [6.45, 7) is 3.70. The number of carbonyl (C=O) groups is 2. The molecule has 1 rings (SSSR count). The van der Waals surface area contributed by atoms with E-state index in [9.17, 15) is 9.59 Å². The van der Waals surface area contributed by atoms with E-state index in [0.29, 0.717) is 18.4 Å². The summed E-state index contributed by atoms with van der Waals surface area (Å²) in [6, 6.07) is 0. The van der Waals surface area contributed by atoms with Crippen molar-refractivity contribution in [2.45, 2.75) is 38.7 Å². The summed E-state index contributed by atoms with van der Waals surface area (Å²) in [7, 11) is 1.35. The molecule has 1 aliphatic heterocycles. The molecule has 0 bridgehead atoms. The molecule has 1 aliphatic rings. The third-order valence-corrected chi connectivity index (χ3v) is 2.50. The first kappa shape index (κ1) is 11.8. The van der Waals surface area contributed by atoms with Gasteiger partial charge in [-0.15, -0.1) is 0 Å². The molecule has 0 N–H and O–H groups in total. The molecule has 0 aliphatic carbocycles. The third-order valence-electron chi connectivity index (χ3n) is 2.50. The van der Waals surface area contributed by atoms with Gasteiger partial charge in [-0.1, -0.05) is 6.92 Å². The Bertz CT molecular complexity index is 306. The van der Waals surface area contributed by atoms with Crippen molar-refractivity contribution in [1.29, 1.82) is 0 Å². The summed E-state index contributed by atoms with van der Waals surface area (Å²) >= 11 is 0. The maximum atomic E-state index is 11.3. The maximum Gasteiger partial charge on any atom is 0.334 e. The van der Waals surface area contributed by atoms with E-state index < -0.39 is 5.60 Å². The average Bonchev–Trinajstić information content (AvgIpc) is 2.51. The Morgan fingerprint density at radius 2 is 2.27 bits per heavy atom. The summed E-state index contributed by atoms with van der Waals surface area (Å²) in [5, 5.41) is 0. The zero-order valence-corrected chi connectivity index (χ0v) is 9.33. The van der Waals surface area contributed by atoms with E-state index in [0.717, 1.165) is 0 Å². The van der Waals surface area contributed by atoms with Crippen LogP contribution in [0.4, 0.5) is 0 Å². The number of hydrogen-bond donors (Lipinski definition) is 0. The standard InChI is InChI=1S/C11H16O4/c1-4-8-7-11(2,15-10(8)13)6-5-9(12)14-3/h7H,4-6H2,1-3H3/t11-/m1/s1. The Morgan fingerprint density at radius 3 is 2.73 bits per heavy atom. The second-order valence-corrected chi connectivity index (χ2v) is 3.80. The van der Waals surface area contributed by atoms with Crippen LogP contribution in [-0.4, -0.2) is 24.6 Å². The van der Waals surface area contributed by atoms with Crippen molar-refractivity contribution in [3.8, 4) is 0 Å². The predicted octanol–water partition coefficient (Wildman–Crippen LogP) is 1.59. The fourth-order valence-corrected chi connectivity index (χ4v) is 1.56. The molecular formula is C11H16O4. The molecule has 0 fully saturated rings. The van der Waals surface area contributed by atoms with Gasteiger partial charge in [-0.3, -0.25) is 4.79 Å². The van der Waals surface area contributed by atoms with Crippen molar-refractivity contribution in [2.24, 2.45) is 0 Å². The van der Waals surface area contributed by atoms with Crippen molar-refractivity contribution < 1.29 is 19.1 Å². The number of hydrogen-bond acceptors (Lipinski definition) is 4. The van der Waals surface area contributed by atoms with E-state index in [-0.39, 0.29) is 18.4 Å². The predicted molar refractivity (Wildman–Crippen MR) is 54.1 cm³/mol. The van der Waals surface area contributed by atoms with Crippen LogP contribution in [0.15, 0.2) is 11.6 Å². The molecule has 0 amide bonds. The molecule has 0 aromatic heterocycles. The maximum absolute atomic E-state index is 11.3. The summed E-state index contributed by atoms with van der Waals surface area (Å²) in [5.74, 6) is -0.560. The molecule has 15 heavy (non-hydrogen) atoms. The second kappa shape index (κ2) is 4.47. The van der Waals surface area contributed by atoms with Crippen LogP contribution >= 0.6 is 0 Å². The van der Waals surface area contributed by atoms with Gasteiger partial charge in [0.2, 0.25) is 0 Å². The molecule has 84 valence electrons. The first-order valence-electron chi connectivity index (χ1n) is 5.02. The Morgan fingerprint density at radius 1 is 1.60 bits per heavy atom. The van der Waals surface area contributed by atoms with Crippen LogP contribution in [0.5, 0.6) is 0 Å². The lowest BCUT2D eigenvalue weighted by Crippen LogP contribution is -2.25.